The van der Waals surface area contributed by atoms with E-state index in [1.54, 1.807) is 42.5 Å². The van der Waals surface area contributed by atoms with Crippen molar-refractivity contribution in [2.45, 2.75) is 64.1 Å². The Balaban J connectivity index is 1.41. The quantitative estimate of drug-likeness (QED) is 0.534. The van der Waals surface area contributed by atoms with Gasteiger partial charge in [-0.05, 0) is 82.3 Å². The molecule has 0 unspecified atom stereocenters. The molecule has 2 atom stereocenters. The summed E-state index contributed by atoms with van der Waals surface area (Å²) >= 11 is 6.21. The van der Waals surface area contributed by atoms with Crippen molar-refractivity contribution in [3.8, 4) is 0 Å². The van der Waals surface area contributed by atoms with Gasteiger partial charge in [-0.1, -0.05) is 17.7 Å². The highest BCUT2D eigenvalue weighted by molar-refractivity contribution is 6.31. The zero-order valence-electron chi connectivity index (χ0n) is 19.6. The second-order valence-corrected chi connectivity index (χ2v) is 9.70. The van der Waals surface area contributed by atoms with Gasteiger partial charge in [-0.2, -0.15) is 0 Å². The molecular weight excluding hydrogens is 452 g/mol. The molecule has 7 nitrogen and oxygen atoms in total. The van der Waals surface area contributed by atoms with Crippen LogP contribution in [0.1, 0.15) is 66.7 Å². The first-order chi connectivity index (χ1) is 16.3. The number of anilines is 2. The molecule has 0 bridgehead atoms. The van der Waals surface area contributed by atoms with Crippen molar-refractivity contribution >= 4 is 40.7 Å². The smallest absolute Gasteiger partial charge is 0.256 e. The fourth-order valence-electron chi connectivity index (χ4n) is 4.42. The summed E-state index contributed by atoms with van der Waals surface area (Å²) in [6, 6.07) is 12.5. The number of rotatable bonds is 7. The number of hydrogen-bond donors (Lipinski definition) is 3. The van der Waals surface area contributed by atoms with Crippen LogP contribution in [0, 0.1) is 0 Å². The van der Waals surface area contributed by atoms with Crippen molar-refractivity contribution in [1.29, 1.82) is 0 Å². The molecule has 0 radical (unpaired) electrons. The van der Waals surface area contributed by atoms with Crippen molar-refractivity contribution in [3.05, 3.63) is 58.6 Å². The monoisotopic (exact) mass is 482 g/mol. The molecule has 3 N–H and O–H groups in total. The van der Waals surface area contributed by atoms with Crippen LogP contribution in [0.25, 0.3) is 0 Å². The topological polar surface area (TPSA) is 90.5 Å². The maximum atomic E-state index is 13.4. The molecule has 1 aliphatic heterocycles. The second kappa shape index (κ2) is 10.5. The molecule has 1 saturated heterocycles. The molecule has 4 rings (SSSR count). The summed E-state index contributed by atoms with van der Waals surface area (Å²) in [7, 11) is 0. The molecule has 0 aromatic heterocycles. The molecule has 3 amide bonds. The average Bonchev–Trinajstić information content (AvgIpc) is 3.62. The molecule has 180 valence electrons. The van der Waals surface area contributed by atoms with E-state index in [0.717, 1.165) is 32.1 Å². The molecule has 0 spiro atoms. The number of carbonyl (C=O) groups excluding carboxylic acids is 3. The Morgan fingerprint density at radius 2 is 1.74 bits per heavy atom. The minimum Gasteiger partial charge on any atom is -0.375 e. The lowest BCUT2D eigenvalue weighted by molar-refractivity contribution is -0.114. The lowest BCUT2D eigenvalue weighted by Gasteiger charge is -2.39. The zero-order valence-corrected chi connectivity index (χ0v) is 20.3. The van der Waals surface area contributed by atoms with Crippen LogP contribution in [-0.4, -0.2) is 47.3 Å². The van der Waals surface area contributed by atoms with Crippen LogP contribution in [0.4, 0.5) is 11.4 Å². The fourth-order valence-corrected chi connectivity index (χ4v) is 4.60. The third-order valence-corrected chi connectivity index (χ3v) is 6.64. The normalized spacial score (nSPS) is 19.9. The molecule has 2 fully saturated rings. The number of piperidine rings is 1. The van der Waals surface area contributed by atoms with E-state index >= 15 is 0 Å². The first kappa shape index (κ1) is 24.1. The van der Waals surface area contributed by atoms with Crippen molar-refractivity contribution in [2.75, 3.05) is 17.2 Å². The Morgan fingerprint density at radius 1 is 1.00 bits per heavy atom. The Morgan fingerprint density at radius 3 is 2.44 bits per heavy atom. The van der Waals surface area contributed by atoms with Crippen LogP contribution in [0.15, 0.2) is 42.5 Å². The SMILES string of the molecule is C[C@@H]1CCC[C@H](C)N1C(=O)c1cc(Cl)ccc1NCC(=O)Nc1cccc(C(=O)NC2CC2)c1. The number of halogens is 1. The molecule has 34 heavy (non-hydrogen) atoms. The van der Waals surface area contributed by atoms with Gasteiger partial charge in [0, 0.05) is 40.1 Å². The van der Waals surface area contributed by atoms with E-state index in [1.165, 1.54) is 0 Å². The maximum Gasteiger partial charge on any atom is 0.256 e. The summed E-state index contributed by atoms with van der Waals surface area (Å²) < 4.78 is 0. The highest BCUT2D eigenvalue weighted by Crippen LogP contribution is 2.29. The second-order valence-electron chi connectivity index (χ2n) is 9.26. The number of nitrogens with one attached hydrogen (secondary N) is 3. The van der Waals surface area contributed by atoms with Gasteiger partial charge in [0.15, 0.2) is 0 Å². The summed E-state index contributed by atoms with van der Waals surface area (Å²) in [6.45, 7) is 4.10. The maximum absolute atomic E-state index is 13.4. The van der Waals surface area contributed by atoms with Gasteiger partial charge >= 0.3 is 0 Å². The summed E-state index contributed by atoms with van der Waals surface area (Å²) in [6.07, 6.45) is 5.08. The fraction of sp³-hybridized carbons (Fsp3) is 0.423. The van der Waals surface area contributed by atoms with Crippen LogP contribution in [-0.2, 0) is 4.79 Å². The minimum absolute atomic E-state index is 0.0362. The third-order valence-electron chi connectivity index (χ3n) is 6.40. The number of likely N-dealkylation sites (tertiary alicyclic amines) is 1. The van der Waals surface area contributed by atoms with Crippen molar-refractivity contribution in [2.24, 2.45) is 0 Å². The number of amides is 3. The number of benzene rings is 2. The number of nitrogens with zero attached hydrogens (tertiary/aromatic N) is 1. The Kier molecular flexibility index (Phi) is 7.41. The van der Waals surface area contributed by atoms with Gasteiger partial charge in [-0.3, -0.25) is 14.4 Å². The van der Waals surface area contributed by atoms with Crippen LogP contribution in [0.3, 0.4) is 0 Å². The lowest BCUT2D eigenvalue weighted by Crippen LogP contribution is -2.47. The zero-order chi connectivity index (χ0) is 24.2. The van der Waals surface area contributed by atoms with E-state index in [-0.39, 0.29) is 42.4 Å². The molecule has 1 aliphatic carbocycles. The first-order valence-electron chi connectivity index (χ1n) is 11.9. The minimum atomic E-state index is -0.284. The summed E-state index contributed by atoms with van der Waals surface area (Å²) in [5.74, 6) is -0.505. The van der Waals surface area contributed by atoms with E-state index in [9.17, 15) is 14.4 Å². The van der Waals surface area contributed by atoms with Crippen LogP contribution >= 0.6 is 11.6 Å². The van der Waals surface area contributed by atoms with Gasteiger partial charge in [0.05, 0.1) is 12.1 Å². The van der Waals surface area contributed by atoms with Crippen molar-refractivity contribution in [1.82, 2.24) is 10.2 Å². The summed E-state index contributed by atoms with van der Waals surface area (Å²) in [5, 5.41) is 9.31. The van der Waals surface area contributed by atoms with E-state index in [1.807, 2.05) is 4.90 Å². The standard InChI is InChI=1S/C26H31ClN4O3/c1-16-5-3-6-17(2)31(16)26(34)22-14-19(27)9-12-23(22)28-15-24(32)29-21-8-4-7-18(13-21)25(33)30-20-10-11-20/h4,7-9,12-14,16-17,20,28H,3,5-6,10-11,15H2,1-2H3,(H,29,32)(H,30,33)/t16-,17+. The average molecular weight is 483 g/mol. The summed E-state index contributed by atoms with van der Waals surface area (Å²) in [4.78, 5) is 40.2. The largest absolute Gasteiger partial charge is 0.375 e. The lowest BCUT2D eigenvalue weighted by atomic mass is 9.96. The number of carbonyl (C=O) groups is 3. The van der Waals surface area contributed by atoms with Crippen molar-refractivity contribution in [3.63, 3.8) is 0 Å². The predicted octanol–water partition coefficient (Wildman–Crippen LogP) is 4.69. The van der Waals surface area contributed by atoms with Crippen LogP contribution in [0.5, 0.6) is 0 Å². The molecular formula is C26H31ClN4O3. The Labute approximate surface area is 205 Å². The molecule has 1 heterocycles. The molecule has 2 aromatic rings. The highest BCUT2D eigenvalue weighted by Gasteiger charge is 2.31. The molecule has 2 aliphatic rings. The summed E-state index contributed by atoms with van der Waals surface area (Å²) in [5.41, 5.74) is 2.07. The highest BCUT2D eigenvalue weighted by atomic mass is 35.5. The molecule has 2 aromatic carbocycles. The van der Waals surface area contributed by atoms with Crippen LogP contribution < -0.4 is 16.0 Å². The van der Waals surface area contributed by atoms with E-state index < -0.39 is 0 Å². The van der Waals surface area contributed by atoms with E-state index in [0.29, 0.717) is 27.5 Å². The van der Waals surface area contributed by atoms with E-state index in [2.05, 4.69) is 29.8 Å². The van der Waals surface area contributed by atoms with Gasteiger partial charge in [-0.25, -0.2) is 0 Å². The van der Waals surface area contributed by atoms with Gasteiger partial charge < -0.3 is 20.9 Å². The third kappa shape index (κ3) is 5.89. The van der Waals surface area contributed by atoms with Gasteiger partial charge in [-0.15, -0.1) is 0 Å². The molecule has 8 heteroatoms. The van der Waals surface area contributed by atoms with Gasteiger partial charge in [0.1, 0.15) is 0 Å². The Hall–Kier alpha value is -3.06. The molecule has 1 saturated carbocycles. The predicted molar refractivity (Wildman–Crippen MR) is 134 cm³/mol. The van der Waals surface area contributed by atoms with E-state index in [4.69, 9.17) is 11.6 Å². The Bertz CT molecular complexity index is 1080. The van der Waals surface area contributed by atoms with Crippen molar-refractivity contribution < 1.29 is 14.4 Å². The number of hydrogen-bond acceptors (Lipinski definition) is 4. The first-order valence-corrected chi connectivity index (χ1v) is 12.3. The van der Waals surface area contributed by atoms with Gasteiger partial charge in [0.2, 0.25) is 5.91 Å². The van der Waals surface area contributed by atoms with Gasteiger partial charge in [0.25, 0.3) is 11.8 Å². The van der Waals surface area contributed by atoms with Crippen LogP contribution in [0.2, 0.25) is 5.02 Å².